The molecule has 0 bridgehead atoms. The van der Waals surface area contributed by atoms with Gasteiger partial charge in [0.15, 0.2) is 5.75 Å². The average Bonchev–Trinajstić information content (AvgIpc) is 3.00. The van der Waals surface area contributed by atoms with Crippen LogP contribution in [0.5, 0.6) is 5.75 Å². The Hall–Kier alpha value is -3.84. The second-order valence-electron chi connectivity index (χ2n) is 10.2. The molecule has 0 saturated carbocycles. The van der Waals surface area contributed by atoms with E-state index in [1.807, 2.05) is 12.1 Å². The Morgan fingerprint density at radius 3 is 2.56 bits per heavy atom. The number of sulfonamides is 1. The first-order chi connectivity index (χ1) is 20.8. The van der Waals surface area contributed by atoms with Gasteiger partial charge in [-0.3, -0.25) is 9.10 Å². The summed E-state index contributed by atoms with van der Waals surface area (Å²) in [6.45, 7) is 4.49. The third kappa shape index (κ3) is 9.58. The van der Waals surface area contributed by atoms with Crippen molar-refractivity contribution in [2.45, 2.75) is 32.3 Å². The molecule has 3 aromatic carbocycles. The number of carbonyl (C=O) groups is 1. The number of carbonyl (C=O) groups excluding carboxylic acids is 1. The minimum absolute atomic E-state index is 0.00656. The quantitative estimate of drug-likeness (QED) is 0.225. The first-order valence-electron chi connectivity index (χ1n) is 14.3. The number of hydrogen-bond donors (Lipinski definition) is 0. The number of anilines is 1. The predicted octanol–water partition coefficient (Wildman–Crippen LogP) is 5.71. The number of benzene rings is 3. The van der Waals surface area contributed by atoms with Crippen LogP contribution in [0.15, 0.2) is 78.9 Å². The van der Waals surface area contributed by atoms with E-state index in [1.165, 1.54) is 5.56 Å². The third-order valence-electron chi connectivity index (χ3n) is 7.13. The number of nitriles is 1. The summed E-state index contributed by atoms with van der Waals surface area (Å²) >= 11 is 6.61. The Bertz CT molecular complexity index is 1550. The molecule has 43 heavy (non-hydrogen) atoms. The van der Waals surface area contributed by atoms with Gasteiger partial charge in [0.05, 0.1) is 35.5 Å². The maximum atomic E-state index is 13.3. The van der Waals surface area contributed by atoms with Crippen molar-refractivity contribution in [1.29, 1.82) is 5.26 Å². The number of nitrogens with zero attached hydrogens (tertiary/aromatic N) is 3. The van der Waals surface area contributed by atoms with E-state index in [9.17, 15) is 13.2 Å². The molecule has 1 aliphatic heterocycles. The van der Waals surface area contributed by atoms with Gasteiger partial charge < -0.3 is 14.4 Å². The van der Waals surface area contributed by atoms with Crippen molar-refractivity contribution in [3.63, 3.8) is 0 Å². The van der Waals surface area contributed by atoms with Crippen LogP contribution in [0.3, 0.4) is 0 Å². The zero-order valence-electron chi connectivity index (χ0n) is 24.2. The van der Waals surface area contributed by atoms with E-state index in [0.717, 1.165) is 48.8 Å². The highest BCUT2D eigenvalue weighted by Crippen LogP contribution is 2.33. The highest BCUT2D eigenvalue weighted by atomic mass is 35.5. The lowest BCUT2D eigenvalue weighted by Gasteiger charge is -2.32. The van der Waals surface area contributed by atoms with Gasteiger partial charge in [-0.05, 0) is 67.6 Å². The molecule has 0 radical (unpaired) electrons. The number of rotatable bonds is 13. The van der Waals surface area contributed by atoms with Crippen LogP contribution in [0.1, 0.15) is 36.5 Å². The van der Waals surface area contributed by atoms with Gasteiger partial charge in [-0.15, -0.1) is 0 Å². The lowest BCUT2D eigenvalue weighted by atomic mass is 10.1. The number of halogens is 1. The highest BCUT2D eigenvalue weighted by molar-refractivity contribution is 7.93. The van der Waals surface area contributed by atoms with E-state index in [2.05, 4.69) is 35.2 Å². The molecular weight excluding hydrogens is 586 g/mol. The van der Waals surface area contributed by atoms with Crippen LogP contribution in [-0.4, -0.2) is 63.9 Å². The van der Waals surface area contributed by atoms with Gasteiger partial charge in [-0.2, -0.15) is 5.26 Å². The van der Waals surface area contributed by atoms with Gasteiger partial charge in [0.1, 0.15) is 11.9 Å². The molecule has 1 aliphatic rings. The Balaban J connectivity index is 1.42. The lowest BCUT2D eigenvalue weighted by Crippen LogP contribution is -2.39. The summed E-state index contributed by atoms with van der Waals surface area (Å²) in [5, 5.41) is 9.44. The lowest BCUT2D eigenvalue weighted by molar-refractivity contribution is -0.139. The summed E-state index contributed by atoms with van der Waals surface area (Å²) in [6.07, 6.45) is 6.13. The molecule has 226 valence electrons. The number of hydrogen-bond acceptors (Lipinski definition) is 7. The van der Waals surface area contributed by atoms with Crippen molar-refractivity contribution in [3.05, 3.63) is 101 Å². The van der Waals surface area contributed by atoms with Crippen LogP contribution in [0.25, 0.3) is 6.08 Å². The zero-order valence-corrected chi connectivity index (χ0v) is 25.8. The number of esters is 1. The Kier molecular flexibility index (Phi) is 11.6. The summed E-state index contributed by atoms with van der Waals surface area (Å²) < 4.78 is 38.9. The molecular formula is C33H36ClN3O5S. The standard InChI is InChI=1S/C33H36ClN3O5S/c1-2-41-33(38)25-43(39,40)37(18-7-12-27-10-6-11-28(22-27)24-35)29-13-14-32(31(34)23-29)42-30-16-20-36(21-17-30)19-15-26-8-4-3-5-9-26/h3-14,22-23,30H,2,15-21,25H2,1H3/b12-7+. The average molecular weight is 622 g/mol. The largest absolute Gasteiger partial charge is 0.489 e. The molecule has 10 heteroatoms. The summed E-state index contributed by atoms with van der Waals surface area (Å²) in [5.74, 6) is -1.16. The molecule has 0 N–H and O–H groups in total. The minimum Gasteiger partial charge on any atom is -0.489 e. The predicted molar refractivity (Wildman–Crippen MR) is 170 cm³/mol. The van der Waals surface area contributed by atoms with Gasteiger partial charge in [0, 0.05) is 19.6 Å². The van der Waals surface area contributed by atoms with E-state index in [1.54, 1.807) is 55.5 Å². The summed E-state index contributed by atoms with van der Waals surface area (Å²) in [7, 11) is -4.10. The summed E-state index contributed by atoms with van der Waals surface area (Å²) in [6, 6.07) is 24.3. The molecule has 0 aromatic heterocycles. The smallest absolute Gasteiger partial charge is 0.323 e. The second kappa shape index (κ2) is 15.6. The van der Waals surface area contributed by atoms with Crippen molar-refractivity contribution < 1.29 is 22.7 Å². The first-order valence-corrected chi connectivity index (χ1v) is 16.3. The zero-order chi connectivity index (χ0) is 30.7. The van der Waals surface area contributed by atoms with E-state index in [-0.39, 0.29) is 24.3 Å². The maximum Gasteiger partial charge on any atom is 0.323 e. The summed E-state index contributed by atoms with van der Waals surface area (Å²) in [5.41, 5.74) is 2.87. The molecule has 0 unspecified atom stereocenters. The topological polar surface area (TPSA) is 99.9 Å². The third-order valence-corrected chi connectivity index (χ3v) is 9.06. The van der Waals surface area contributed by atoms with Crippen LogP contribution in [0, 0.1) is 11.3 Å². The minimum atomic E-state index is -4.10. The van der Waals surface area contributed by atoms with Crippen molar-refractivity contribution in [2.75, 3.05) is 42.8 Å². The molecule has 0 atom stereocenters. The molecule has 3 aromatic rings. The monoisotopic (exact) mass is 621 g/mol. The Morgan fingerprint density at radius 1 is 1.09 bits per heavy atom. The van der Waals surface area contributed by atoms with Crippen LogP contribution >= 0.6 is 11.6 Å². The molecule has 1 fully saturated rings. The van der Waals surface area contributed by atoms with Crippen molar-refractivity contribution in [2.24, 2.45) is 0 Å². The van der Waals surface area contributed by atoms with Gasteiger partial charge in [-0.25, -0.2) is 8.42 Å². The van der Waals surface area contributed by atoms with E-state index in [4.69, 9.17) is 26.3 Å². The van der Waals surface area contributed by atoms with Crippen LogP contribution in [-0.2, 0) is 26.0 Å². The fourth-order valence-corrected chi connectivity index (χ4v) is 6.41. The first kappa shape index (κ1) is 32.1. The molecule has 0 aliphatic carbocycles. The van der Waals surface area contributed by atoms with E-state index in [0.29, 0.717) is 17.0 Å². The maximum absolute atomic E-state index is 13.3. The normalized spacial score (nSPS) is 14.3. The van der Waals surface area contributed by atoms with Gasteiger partial charge in [0.2, 0.25) is 10.0 Å². The van der Waals surface area contributed by atoms with Gasteiger partial charge in [0.25, 0.3) is 0 Å². The van der Waals surface area contributed by atoms with E-state index >= 15 is 0 Å². The van der Waals surface area contributed by atoms with Crippen molar-refractivity contribution in [3.8, 4) is 11.8 Å². The molecule has 0 amide bonds. The molecule has 1 heterocycles. The highest BCUT2D eigenvalue weighted by Gasteiger charge is 2.27. The molecule has 0 spiro atoms. The van der Waals surface area contributed by atoms with Crippen molar-refractivity contribution in [1.82, 2.24) is 4.90 Å². The van der Waals surface area contributed by atoms with E-state index < -0.39 is 21.7 Å². The summed E-state index contributed by atoms with van der Waals surface area (Å²) in [4.78, 5) is 14.6. The number of piperidine rings is 1. The molecule has 1 saturated heterocycles. The number of likely N-dealkylation sites (tertiary alicyclic amines) is 1. The van der Waals surface area contributed by atoms with Crippen molar-refractivity contribution >= 4 is 39.4 Å². The van der Waals surface area contributed by atoms with Gasteiger partial charge in [-0.1, -0.05) is 66.2 Å². The van der Waals surface area contributed by atoms with Crippen LogP contribution in [0.2, 0.25) is 5.02 Å². The SMILES string of the molecule is CCOC(=O)CS(=O)(=O)N(C/C=C/c1cccc(C#N)c1)c1ccc(OC2CCN(CCc3ccccc3)CC2)c(Cl)c1. The van der Waals surface area contributed by atoms with Crippen LogP contribution < -0.4 is 9.04 Å². The molecule has 4 rings (SSSR count). The Morgan fingerprint density at radius 2 is 1.86 bits per heavy atom. The number of ether oxygens (including phenoxy) is 2. The van der Waals surface area contributed by atoms with Crippen LogP contribution in [0.4, 0.5) is 5.69 Å². The fourth-order valence-electron chi connectivity index (χ4n) is 4.91. The van der Waals surface area contributed by atoms with Gasteiger partial charge >= 0.3 is 5.97 Å². The second-order valence-corrected chi connectivity index (χ2v) is 12.5. The molecule has 8 nitrogen and oxygen atoms in total. The Labute approximate surface area is 259 Å². The fraction of sp³-hybridized carbons (Fsp3) is 0.333.